The van der Waals surface area contributed by atoms with Crippen LogP contribution in [-0.4, -0.2) is 12.1 Å². The highest BCUT2D eigenvalue weighted by atomic mass is 19.4. The van der Waals surface area contributed by atoms with Gasteiger partial charge in [0, 0.05) is 6.42 Å². The first kappa shape index (κ1) is 12.7. The first-order valence-corrected chi connectivity index (χ1v) is 4.26. The molecule has 0 rings (SSSR count). The Morgan fingerprint density at radius 1 is 0.846 bits per heavy atom. The summed E-state index contributed by atoms with van der Waals surface area (Å²) in [5.74, 6) is -4.51. The Morgan fingerprint density at radius 3 is 1.77 bits per heavy atom. The first-order chi connectivity index (χ1) is 5.81. The number of alkyl halides is 5. The molecule has 0 nitrogen and oxygen atoms in total. The largest absolute Gasteiger partial charge is 0.453 e. The lowest BCUT2D eigenvalue weighted by Gasteiger charge is -2.18. The van der Waals surface area contributed by atoms with E-state index in [9.17, 15) is 22.0 Å². The second kappa shape index (κ2) is 4.77. The van der Waals surface area contributed by atoms with Gasteiger partial charge in [-0.05, 0) is 6.42 Å². The van der Waals surface area contributed by atoms with Crippen molar-refractivity contribution in [1.29, 1.82) is 0 Å². The molecule has 0 aromatic heterocycles. The molecule has 0 saturated heterocycles. The number of rotatable bonds is 5. The maximum absolute atomic E-state index is 12.2. The summed E-state index contributed by atoms with van der Waals surface area (Å²) in [6, 6.07) is 0. The second-order valence-electron chi connectivity index (χ2n) is 3.01. The average Bonchev–Trinajstić information content (AvgIpc) is 1.96. The van der Waals surface area contributed by atoms with Crippen LogP contribution in [0, 0.1) is 0 Å². The van der Waals surface area contributed by atoms with Crippen LogP contribution in [0.25, 0.3) is 0 Å². The molecule has 0 amide bonds. The van der Waals surface area contributed by atoms with E-state index in [4.69, 9.17) is 0 Å². The molecule has 0 heterocycles. The first-order valence-electron chi connectivity index (χ1n) is 4.26. The number of halogens is 5. The van der Waals surface area contributed by atoms with Crippen LogP contribution in [0.15, 0.2) is 0 Å². The van der Waals surface area contributed by atoms with Crippen LogP contribution >= 0.6 is 0 Å². The van der Waals surface area contributed by atoms with Crippen LogP contribution in [0.5, 0.6) is 0 Å². The second-order valence-corrected chi connectivity index (χ2v) is 3.01. The van der Waals surface area contributed by atoms with E-state index in [1.165, 1.54) is 0 Å². The molecule has 0 N–H and O–H groups in total. The lowest BCUT2D eigenvalue weighted by molar-refractivity contribution is -0.284. The van der Waals surface area contributed by atoms with Crippen molar-refractivity contribution in [2.45, 2.75) is 51.1 Å². The van der Waals surface area contributed by atoms with Crippen LogP contribution in [-0.2, 0) is 0 Å². The molecule has 0 fully saturated rings. The molecule has 0 bridgehead atoms. The van der Waals surface area contributed by atoms with Gasteiger partial charge in [0.05, 0.1) is 0 Å². The molecule has 13 heavy (non-hydrogen) atoms. The minimum Gasteiger partial charge on any atom is -0.196 e. The smallest absolute Gasteiger partial charge is 0.196 e. The SMILES string of the molecule is CCCCCCC(F)(F)C(F)(F)F. The van der Waals surface area contributed by atoms with Crippen LogP contribution < -0.4 is 0 Å². The normalized spacial score (nSPS) is 13.4. The molecule has 0 aliphatic rings. The highest BCUT2D eigenvalue weighted by Crippen LogP contribution is 2.39. The Balaban J connectivity index is 3.77. The van der Waals surface area contributed by atoms with Gasteiger partial charge < -0.3 is 0 Å². The summed E-state index contributed by atoms with van der Waals surface area (Å²) >= 11 is 0. The third kappa shape index (κ3) is 4.43. The quantitative estimate of drug-likeness (QED) is 0.466. The molecular formula is C8H13F5. The monoisotopic (exact) mass is 204 g/mol. The van der Waals surface area contributed by atoms with Crippen molar-refractivity contribution >= 4 is 0 Å². The molecule has 0 unspecified atom stereocenters. The van der Waals surface area contributed by atoms with Gasteiger partial charge in [-0.1, -0.05) is 26.2 Å². The lowest BCUT2D eigenvalue weighted by atomic mass is 10.1. The Labute approximate surface area is 74.1 Å². The molecule has 0 aliphatic heterocycles. The highest BCUT2D eigenvalue weighted by Gasteiger charge is 2.56. The van der Waals surface area contributed by atoms with Gasteiger partial charge >= 0.3 is 12.1 Å². The molecule has 0 radical (unpaired) electrons. The summed E-state index contributed by atoms with van der Waals surface area (Å²) < 4.78 is 59.2. The molecule has 0 atom stereocenters. The standard InChI is InChI=1S/C8H13F5/c1-2-3-4-5-6-7(9,10)8(11,12)13/h2-6H2,1H3. The zero-order chi connectivity index (χ0) is 10.5. The molecule has 0 aliphatic carbocycles. The van der Waals surface area contributed by atoms with Gasteiger partial charge in [0.2, 0.25) is 0 Å². The van der Waals surface area contributed by atoms with Crippen molar-refractivity contribution in [3.8, 4) is 0 Å². The van der Waals surface area contributed by atoms with Crippen molar-refractivity contribution in [3.63, 3.8) is 0 Å². The maximum Gasteiger partial charge on any atom is 0.453 e. The fraction of sp³-hybridized carbons (Fsp3) is 1.00. The molecule has 5 heteroatoms. The van der Waals surface area contributed by atoms with Gasteiger partial charge in [-0.2, -0.15) is 22.0 Å². The van der Waals surface area contributed by atoms with Crippen molar-refractivity contribution in [3.05, 3.63) is 0 Å². The minimum absolute atomic E-state index is 0.0691. The van der Waals surface area contributed by atoms with E-state index < -0.39 is 18.5 Å². The number of unbranched alkanes of at least 4 members (excludes halogenated alkanes) is 3. The van der Waals surface area contributed by atoms with Crippen molar-refractivity contribution in [2.75, 3.05) is 0 Å². The highest BCUT2D eigenvalue weighted by molar-refractivity contribution is 4.75. The fourth-order valence-corrected chi connectivity index (χ4v) is 0.916. The van der Waals surface area contributed by atoms with Crippen molar-refractivity contribution in [1.82, 2.24) is 0 Å². The predicted molar refractivity (Wildman–Crippen MR) is 39.8 cm³/mol. The summed E-state index contributed by atoms with van der Waals surface area (Å²) in [5.41, 5.74) is 0. The van der Waals surface area contributed by atoms with Gasteiger partial charge in [0.1, 0.15) is 0 Å². The van der Waals surface area contributed by atoms with Gasteiger partial charge in [0.15, 0.2) is 0 Å². The maximum atomic E-state index is 12.2. The molecular weight excluding hydrogens is 191 g/mol. The fourth-order valence-electron chi connectivity index (χ4n) is 0.916. The van der Waals surface area contributed by atoms with E-state index in [0.717, 1.165) is 6.42 Å². The zero-order valence-corrected chi connectivity index (χ0v) is 7.43. The van der Waals surface area contributed by atoms with Crippen molar-refractivity contribution in [2.24, 2.45) is 0 Å². The summed E-state index contributed by atoms with van der Waals surface area (Å²) in [4.78, 5) is 0. The molecule has 0 spiro atoms. The van der Waals surface area contributed by atoms with Crippen LogP contribution in [0.2, 0.25) is 0 Å². The van der Waals surface area contributed by atoms with Crippen LogP contribution in [0.4, 0.5) is 22.0 Å². The van der Waals surface area contributed by atoms with E-state index >= 15 is 0 Å². The molecule has 0 saturated carbocycles. The predicted octanol–water partition coefficient (Wildman–Crippen LogP) is 4.15. The topological polar surface area (TPSA) is 0 Å². The molecule has 0 aromatic rings. The van der Waals surface area contributed by atoms with E-state index in [-0.39, 0.29) is 6.42 Å². The van der Waals surface area contributed by atoms with Gasteiger partial charge in [-0.15, -0.1) is 0 Å². The summed E-state index contributed by atoms with van der Waals surface area (Å²) in [6.45, 7) is 1.86. The minimum atomic E-state index is -5.39. The van der Waals surface area contributed by atoms with E-state index in [2.05, 4.69) is 0 Å². The summed E-state index contributed by atoms with van der Waals surface area (Å²) in [5, 5.41) is 0. The van der Waals surface area contributed by atoms with E-state index in [0.29, 0.717) is 12.8 Å². The van der Waals surface area contributed by atoms with E-state index in [1.807, 2.05) is 6.92 Å². The third-order valence-corrected chi connectivity index (χ3v) is 1.76. The third-order valence-electron chi connectivity index (χ3n) is 1.76. The van der Waals surface area contributed by atoms with Gasteiger partial charge in [-0.3, -0.25) is 0 Å². The lowest BCUT2D eigenvalue weighted by Crippen LogP contribution is -2.36. The Hall–Kier alpha value is -0.350. The number of hydrogen-bond acceptors (Lipinski definition) is 0. The van der Waals surface area contributed by atoms with E-state index in [1.54, 1.807) is 0 Å². The summed E-state index contributed by atoms with van der Waals surface area (Å²) in [7, 11) is 0. The number of hydrogen-bond donors (Lipinski definition) is 0. The Bertz CT molecular complexity index is 138. The molecule has 0 aromatic carbocycles. The molecule has 80 valence electrons. The summed E-state index contributed by atoms with van der Waals surface area (Å²) in [6.07, 6.45) is -4.59. The zero-order valence-electron chi connectivity index (χ0n) is 7.43. The van der Waals surface area contributed by atoms with Crippen molar-refractivity contribution < 1.29 is 22.0 Å². The van der Waals surface area contributed by atoms with Gasteiger partial charge in [-0.25, -0.2) is 0 Å². The Morgan fingerprint density at radius 2 is 1.38 bits per heavy atom. The average molecular weight is 204 g/mol. The Kier molecular flexibility index (Phi) is 4.64. The van der Waals surface area contributed by atoms with Crippen LogP contribution in [0.3, 0.4) is 0 Å². The van der Waals surface area contributed by atoms with Crippen LogP contribution in [0.1, 0.15) is 39.0 Å². The van der Waals surface area contributed by atoms with Gasteiger partial charge in [0.25, 0.3) is 0 Å².